The van der Waals surface area contributed by atoms with Crippen LogP contribution in [0.3, 0.4) is 0 Å². The molecular formula is C21H40. The third kappa shape index (κ3) is 2.07. The summed E-state index contributed by atoms with van der Waals surface area (Å²) in [6.07, 6.45) is 2.80. The average molecular weight is 293 g/mol. The fourth-order valence-electron chi connectivity index (χ4n) is 6.75. The van der Waals surface area contributed by atoms with Gasteiger partial charge in [0.15, 0.2) is 0 Å². The van der Waals surface area contributed by atoms with Crippen LogP contribution in [0.15, 0.2) is 0 Å². The molecular weight excluding hydrogens is 252 g/mol. The number of rotatable bonds is 5. The van der Waals surface area contributed by atoms with Gasteiger partial charge in [-0.25, -0.2) is 0 Å². The van der Waals surface area contributed by atoms with Gasteiger partial charge >= 0.3 is 0 Å². The molecule has 0 heteroatoms. The lowest BCUT2D eigenvalue weighted by atomic mass is 9.35. The minimum Gasteiger partial charge on any atom is -0.0651 e. The molecule has 0 aromatic carbocycles. The number of hydrogen-bond acceptors (Lipinski definition) is 0. The van der Waals surface area contributed by atoms with Crippen molar-refractivity contribution in [1.82, 2.24) is 0 Å². The van der Waals surface area contributed by atoms with Crippen molar-refractivity contribution < 1.29 is 0 Å². The summed E-state index contributed by atoms with van der Waals surface area (Å²) in [5.41, 5.74) is 1.70. The van der Waals surface area contributed by atoms with E-state index >= 15 is 0 Å². The van der Waals surface area contributed by atoms with E-state index in [0.717, 1.165) is 35.5 Å². The normalized spacial score (nSPS) is 54.4. The maximum Gasteiger partial charge on any atom is -0.0233 e. The summed E-state index contributed by atoms with van der Waals surface area (Å²) in [4.78, 5) is 0. The Morgan fingerprint density at radius 1 is 0.857 bits per heavy atom. The fraction of sp³-hybridized carbons (Fsp3) is 1.00. The molecule has 0 saturated heterocycles. The Labute approximate surface area is 134 Å². The molecule has 2 fully saturated rings. The first-order chi connectivity index (χ1) is 9.47. The van der Waals surface area contributed by atoms with Crippen molar-refractivity contribution in [2.45, 2.75) is 82.1 Å². The van der Waals surface area contributed by atoms with Crippen LogP contribution in [0.5, 0.6) is 0 Å². The zero-order valence-electron chi connectivity index (χ0n) is 16.4. The summed E-state index contributed by atoms with van der Waals surface area (Å²) >= 11 is 0. The molecule has 0 heterocycles. The van der Waals surface area contributed by atoms with Crippen LogP contribution in [0.2, 0.25) is 0 Å². The van der Waals surface area contributed by atoms with Gasteiger partial charge in [-0.2, -0.15) is 0 Å². The molecule has 0 radical (unpaired) electrons. The molecule has 0 bridgehead atoms. The van der Waals surface area contributed by atoms with Crippen molar-refractivity contribution in [1.29, 1.82) is 0 Å². The van der Waals surface area contributed by atoms with E-state index < -0.39 is 0 Å². The second-order valence-corrected chi connectivity index (χ2v) is 9.85. The van der Waals surface area contributed by atoms with E-state index in [1.54, 1.807) is 0 Å². The van der Waals surface area contributed by atoms with Crippen molar-refractivity contribution in [2.75, 3.05) is 0 Å². The first-order valence-corrected chi connectivity index (χ1v) is 9.47. The third-order valence-corrected chi connectivity index (χ3v) is 9.34. The summed E-state index contributed by atoms with van der Waals surface area (Å²) < 4.78 is 0. The molecule has 21 heavy (non-hydrogen) atoms. The summed E-state index contributed by atoms with van der Waals surface area (Å²) in [6.45, 7) is 25.0. The van der Waals surface area contributed by atoms with Crippen LogP contribution >= 0.6 is 0 Å². The third-order valence-electron chi connectivity index (χ3n) is 9.34. The Hall–Kier alpha value is 0. The molecule has 0 N–H and O–H groups in total. The van der Waals surface area contributed by atoms with Crippen molar-refractivity contribution >= 4 is 0 Å². The lowest BCUT2D eigenvalue weighted by Gasteiger charge is -2.70. The number of hydrogen-bond donors (Lipinski definition) is 0. The minimum atomic E-state index is 0.537. The Kier molecular flexibility index (Phi) is 4.13. The van der Waals surface area contributed by atoms with Gasteiger partial charge in [-0.05, 0) is 58.2 Å². The molecule has 0 spiro atoms. The van der Waals surface area contributed by atoms with Gasteiger partial charge in [0, 0.05) is 0 Å². The second-order valence-electron chi connectivity index (χ2n) is 9.85. The van der Waals surface area contributed by atoms with Crippen LogP contribution in [-0.2, 0) is 0 Å². The molecule has 124 valence electrons. The largest absolute Gasteiger partial charge is 0.0651 e. The Balaban J connectivity index is 2.23. The van der Waals surface area contributed by atoms with Gasteiger partial charge in [0.25, 0.3) is 0 Å². The van der Waals surface area contributed by atoms with Crippen LogP contribution in [0.25, 0.3) is 0 Å². The zero-order valence-corrected chi connectivity index (χ0v) is 16.4. The van der Waals surface area contributed by atoms with Crippen molar-refractivity contribution in [3.63, 3.8) is 0 Å². The summed E-state index contributed by atoms with van der Waals surface area (Å²) in [6, 6.07) is 0. The van der Waals surface area contributed by atoms with Crippen molar-refractivity contribution in [2.24, 2.45) is 51.8 Å². The highest BCUT2D eigenvalue weighted by Crippen LogP contribution is 2.75. The van der Waals surface area contributed by atoms with Crippen LogP contribution in [-0.4, -0.2) is 0 Å². The van der Waals surface area contributed by atoms with Gasteiger partial charge in [0.05, 0.1) is 0 Å². The summed E-state index contributed by atoms with van der Waals surface area (Å²) in [5, 5.41) is 0. The topological polar surface area (TPSA) is 0 Å². The van der Waals surface area contributed by atoms with Crippen molar-refractivity contribution in [3.05, 3.63) is 0 Å². The van der Waals surface area contributed by atoms with E-state index in [2.05, 4.69) is 69.2 Å². The first-order valence-electron chi connectivity index (χ1n) is 9.47. The van der Waals surface area contributed by atoms with Gasteiger partial charge in [0.2, 0.25) is 0 Å². The second kappa shape index (κ2) is 5.00. The quantitative estimate of drug-likeness (QED) is 0.532. The standard InChI is InChI=1S/C21H40/c1-11-18-20(9,12-19(8)15(5)16(19)6)17(7)21(18,10)14(4)13(2)3/h13-18H,11-12H2,1-10H3. The van der Waals surface area contributed by atoms with E-state index in [9.17, 15) is 0 Å². The molecule has 2 aliphatic carbocycles. The SMILES string of the molecule is CCC1C(C)(CC2(C)C(C)C2C)C(C)C1(C)C(C)C(C)C. The van der Waals surface area contributed by atoms with Gasteiger partial charge in [-0.3, -0.25) is 0 Å². The van der Waals surface area contributed by atoms with Crippen LogP contribution in [0.4, 0.5) is 0 Å². The molecule has 0 aliphatic heterocycles. The van der Waals surface area contributed by atoms with Gasteiger partial charge in [0.1, 0.15) is 0 Å². The smallest absolute Gasteiger partial charge is 0.0233 e. The highest BCUT2D eigenvalue weighted by Gasteiger charge is 2.68. The molecule has 2 saturated carbocycles. The predicted octanol–water partition coefficient (Wildman–Crippen LogP) is 6.65. The molecule has 0 aromatic rings. The van der Waals surface area contributed by atoms with Crippen LogP contribution in [0, 0.1) is 51.8 Å². The first kappa shape index (κ1) is 17.4. The fourth-order valence-corrected chi connectivity index (χ4v) is 6.75. The van der Waals surface area contributed by atoms with Gasteiger partial charge < -0.3 is 0 Å². The molecule has 2 rings (SSSR count). The Morgan fingerprint density at radius 3 is 1.67 bits per heavy atom. The zero-order chi connectivity index (χ0) is 16.4. The Bertz CT molecular complexity index is 387. The van der Waals surface area contributed by atoms with Gasteiger partial charge in [-0.1, -0.05) is 75.7 Å². The molecule has 0 amide bonds. The lowest BCUT2D eigenvalue weighted by molar-refractivity contribution is -0.221. The molecule has 0 nitrogen and oxygen atoms in total. The van der Waals surface area contributed by atoms with E-state index in [1.807, 2.05) is 0 Å². The predicted molar refractivity (Wildman–Crippen MR) is 94.2 cm³/mol. The lowest BCUT2D eigenvalue weighted by Crippen LogP contribution is -2.64. The highest BCUT2D eigenvalue weighted by atomic mass is 14.7. The molecule has 7 unspecified atom stereocenters. The summed E-state index contributed by atoms with van der Waals surface area (Å²) in [7, 11) is 0. The Morgan fingerprint density at radius 2 is 1.33 bits per heavy atom. The minimum absolute atomic E-state index is 0.537. The molecule has 2 aliphatic rings. The van der Waals surface area contributed by atoms with Crippen molar-refractivity contribution in [3.8, 4) is 0 Å². The maximum atomic E-state index is 2.61. The van der Waals surface area contributed by atoms with Crippen LogP contribution in [0.1, 0.15) is 82.1 Å². The van der Waals surface area contributed by atoms with E-state index in [4.69, 9.17) is 0 Å². The van der Waals surface area contributed by atoms with E-state index in [0.29, 0.717) is 16.2 Å². The monoisotopic (exact) mass is 292 g/mol. The highest BCUT2D eigenvalue weighted by molar-refractivity contribution is 5.17. The maximum absolute atomic E-state index is 2.61. The molecule has 7 atom stereocenters. The van der Waals surface area contributed by atoms with E-state index in [1.165, 1.54) is 12.8 Å². The van der Waals surface area contributed by atoms with Crippen LogP contribution < -0.4 is 0 Å². The summed E-state index contributed by atoms with van der Waals surface area (Å²) in [5.74, 6) is 5.22. The van der Waals surface area contributed by atoms with Gasteiger partial charge in [-0.15, -0.1) is 0 Å². The van der Waals surface area contributed by atoms with E-state index in [-0.39, 0.29) is 0 Å². The molecule has 0 aromatic heterocycles. The average Bonchev–Trinajstić information content (AvgIpc) is 2.87.